The standard InChI is InChI=1S/F2O.2Na.H3O4P.V/c1-3-2;;;1-5(2,3)4;/h;;;(H3,1,2,3,4);/q;2*+1;;+5/p-3. The van der Waals surface area contributed by atoms with Crippen LogP contribution in [0, 0.1) is 0 Å². The molecule has 0 rings (SSSR count). The summed E-state index contributed by atoms with van der Waals surface area (Å²) in [5.41, 5.74) is 0. The number of rotatable bonds is 0. The molecule has 0 N–H and O–H groups in total. The van der Waals surface area contributed by atoms with Crippen molar-refractivity contribution >= 4 is 7.82 Å². The first kappa shape index (κ1) is 29.2. The van der Waals surface area contributed by atoms with Crippen LogP contribution in [0.3, 0.4) is 0 Å². The molecule has 0 radical (unpaired) electrons. The Kier molecular flexibility index (Phi) is 48.6. The van der Waals surface area contributed by atoms with E-state index in [1.807, 2.05) is 0 Å². The largest absolute Gasteiger partial charge is 5.00 e. The molecule has 52 valence electrons. The summed E-state index contributed by atoms with van der Waals surface area (Å²) in [5, 5.41) is 1.25. The maximum Gasteiger partial charge on any atom is 5.00 e. The molecule has 0 spiro atoms. The van der Waals surface area contributed by atoms with Gasteiger partial charge in [0, 0.05) is 5.15 Å². The third-order valence-electron chi connectivity index (χ3n) is 0. The van der Waals surface area contributed by atoms with Crippen LogP contribution in [0.2, 0.25) is 0 Å². The quantitative estimate of drug-likeness (QED) is 0.312. The van der Waals surface area contributed by atoms with Crippen LogP contribution in [-0.4, -0.2) is 0 Å². The summed E-state index contributed by atoms with van der Waals surface area (Å²) in [5.74, 6) is 0. The summed E-state index contributed by atoms with van der Waals surface area (Å²) in [6, 6.07) is 0. The van der Waals surface area contributed by atoms with E-state index in [1.54, 1.807) is 0 Å². The van der Waals surface area contributed by atoms with Gasteiger partial charge in [-0.15, -0.1) is 0 Å². The van der Waals surface area contributed by atoms with Gasteiger partial charge >= 0.3 is 77.7 Å². The van der Waals surface area contributed by atoms with Crippen molar-refractivity contribution in [3.63, 3.8) is 0 Å². The van der Waals surface area contributed by atoms with E-state index in [-0.39, 0.29) is 77.7 Å². The van der Waals surface area contributed by atoms with Gasteiger partial charge in [0.1, 0.15) is 0 Å². The molecule has 0 fully saturated rings. The molecule has 0 saturated carbocycles. The number of phosphoric acid groups is 1. The van der Waals surface area contributed by atoms with E-state index in [9.17, 15) is 0 Å². The molecule has 0 aromatic heterocycles. The summed E-state index contributed by atoms with van der Waals surface area (Å²) in [7, 11) is -5.39. The van der Waals surface area contributed by atoms with Gasteiger partial charge in [-0.25, -0.2) is 0 Å². The second-order valence-corrected chi connectivity index (χ2v) is 1.40. The first-order valence-corrected chi connectivity index (χ1v) is 2.50. The van der Waals surface area contributed by atoms with Crippen molar-refractivity contribution in [3.05, 3.63) is 0 Å². The smallest absolute Gasteiger partial charge is 0.822 e. The Hall–Kier alpha value is 2.51. The molecule has 0 aliphatic heterocycles. The van der Waals surface area contributed by atoms with Crippen LogP contribution in [0.4, 0.5) is 9.05 Å². The Balaban J connectivity index is -0.0000000183. The molecule has 11 heteroatoms. The SMILES string of the molecule is FOF.O=P([O-])([O-])[O-].[Na+].[Na+].[V+5]. The second-order valence-electron chi connectivity index (χ2n) is 0.506. The van der Waals surface area contributed by atoms with Gasteiger partial charge in [-0.05, 0) is 9.05 Å². The van der Waals surface area contributed by atoms with Gasteiger partial charge in [0.2, 0.25) is 0 Å². The molecular weight excluding hydrogens is 246 g/mol. The van der Waals surface area contributed by atoms with Gasteiger partial charge in [0.05, 0.1) is 0 Å². The third-order valence-corrected chi connectivity index (χ3v) is 0. The number of hydrogen-bond donors (Lipinski definition) is 0. The predicted molar refractivity (Wildman–Crippen MR) is 10.9 cm³/mol. The van der Waals surface area contributed by atoms with Crippen molar-refractivity contribution in [1.82, 2.24) is 0 Å². The van der Waals surface area contributed by atoms with Gasteiger partial charge in [-0.1, -0.05) is 0 Å². The Morgan fingerprint density at radius 1 is 1.09 bits per heavy atom. The maximum atomic E-state index is 9.12. The Morgan fingerprint density at radius 3 is 1.09 bits per heavy atom. The zero-order chi connectivity index (χ0) is 7.21. The zero-order valence-electron chi connectivity index (χ0n) is 5.69. The topological polar surface area (TPSA) is 95.5 Å². The fraction of sp³-hybridized carbons (Fsp3) is 0. The van der Waals surface area contributed by atoms with E-state index in [1.165, 1.54) is 5.15 Å². The van der Waals surface area contributed by atoms with Crippen molar-refractivity contribution in [2.45, 2.75) is 0 Å². The van der Waals surface area contributed by atoms with Crippen LogP contribution in [0.25, 0.3) is 0 Å². The van der Waals surface area contributed by atoms with Crippen LogP contribution in [0.5, 0.6) is 0 Å². The van der Waals surface area contributed by atoms with Crippen LogP contribution in [0.1, 0.15) is 0 Å². The van der Waals surface area contributed by atoms with Crippen LogP contribution >= 0.6 is 7.82 Å². The predicted octanol–water partition coefficient (Wildman–Crippen LogP) is -8.05. The molecule has 0 aliphatic rings. The van der Waals surface area contributed by atoms with Crippen LogP contribution < -0.4 is 73.8 Å². The fourth-order valence-corrected chi connectivity index (χ4v) is 0. The molecule has 0 unspecified atom stereocenters. The minimum Gasteiger partial charge on any atom is -0.822 e. The first-order chi connectivity index (χ1) is 3.41. The molecule has 0 aromatic rings. The number of halogens is 2. The van der Waals surface area contributed by atoms with E-state index < -0.39 is 7.82 Å². The summed E-state index contributed by atoms with van der Waals surface area (Å²) in [4.78, 5) is 25.6. The van der Waals surface area contributed by atoms with Crippen molar-refractivity contribution in [1.29, 1.82) is 0 Å². The molecule has 0 heterocycles. The molecule has 0 saturated heterocycles. The van der Waals surface area contributed by atoms with E-state index >= 15 is 0 Å². The van der Waals surface area contributed by atoms with Gasteiger partial charge in [0.25, 0.3) is 0 Å². The third kappa shape index (κ3) is 219. The average Bonchev–Trinajstić information content (AvgIpc) is 1.27. The van der Waals surface area contributed by atoms with Gasteiger partial charge in [-0.3, -0.25) is 0 Å². The Bertz CT molecular complexity index is 78.3. The summed E-state index contributed by atoms with van der Waals surface area (Å²) < 4.78 is 26.8. The Morgan fingerprint density at radius 2 is 1.09 bits per heavy atom. The maximum absolute atomic E-state index is 9.12. The van der Waals surface area contributed by atoms with Crippen molar-refractivity contribution in [2.24, 2.45) is 0 Å². The van der Waals surface area contributed by atoms with E-state index in [0.717, 1.165) is 0 Å². The Labute approximate surface area is 117 Å². The van der Waals surface area contributed by atoms with Gasteiger partial charge in [0.15, 0.2) is 0 Å². The molecule has 0 bridgehead atoms. The minimum atomic E-state index is -5.39. The average molecular weight is 246 g/mol. The molecule has 0 aliphatic carbocycles. The monoisotopic (exact) mass is 246 g/mol. The molecule has 0 aromatic carbocycles. The minimum absolute atomic E-state index is 0. The van der Waals surface area contributed by atoms with Gasteiger partial charge < -0.3 is 19.2 Å². The van der Waals surface area contributed by atoms with E-state index in [0.29, 0.717) is 0 Å². The molecule has 5 nitrogen and oxygen atoms in total. The number of hydrogen-bond acceptors (Lipinski definition) is 5. The summed E-state index contributed by atoms with van der Waals surface area (Å²) >= 11 is 0. The normalized spacial score (nSPS) is 7.00. The summed E-state index contributed by atoms with van der Waals surface area (Å²) in [6.45, 7) is 0. The van der Waals surface area contributed by atoms with Crippen molar-refractivity contribution in [2.75, 3.05) is 0 Å². The first-order valence-electron chi connectivity index (χ1n) is 1.04. The van der Waals surface area contributed by atoms with E-state index in [2.05, 4.69) is 0 Å². The molecular formula is F2Na2O5PV+4. The molecule has 11 heavy (non-hydrogen) atoms. The van der Waals surface area contributed by atoms with Gasteiger partial charge in [-0.2, -0.15) is 7.82 Å². The van der Waals surface area contributed by atoms with Crippen LogP contribution in [-0.2, 0) is 28.3 Å². The van der Waals surface area contributed by atoms with Crippen molar-refractivity contribution in [3.8, 4) is 0 Å². The molecule has 0 amide bonds. The van der Waals surface area contributed by atoms with E-state index in [4.69, 9.17) is 28.3 Å². The zero-order valence-corrected chi connectivity index (χ0v) is 12.0. The van der Waals surface area contributed by atoms with Crippen LogP contribution in [0.15, 0.2) is 0 Å². The van der Waals surface area contributed by atoms with Crippen molar-refractivity contribution < 1.29 is 111 Å². The second kappa shape index (κ2) is 18.3. The fourth-order valence-electron chi connectivity index (χ4n) is 0. The summed E-state index contributed by atoms with van der Waals surface area (Å²) in [6.07, 6.45) is 0. The molecule has 0 atom stereocenters.